The van der Waals surface area contributed by atoms with E-state index in [2.05, 4.69) is 15.9 Å². The van der Waals surface area contributed by atoms with Crippen LogP contribution in [0.2, 0.25) is 0 Å². The molecule has 4 rings (SSSR count). The van der Waals surface area contributed by atoms with E-state index in [-0.39, 0.29) is 18.7 Å². The first-order chi connectivity index (χ1) is 15.1. The molecular weight excluding hydrogens is 458 g/mol. The molecule has 0 saturated heterocycles. The SMILES string of the molecule is COc1cccc(C2CCc3cc(OC)c(Br)cc3N2C(=O)OCc2ccccc2)c1. The molecule has 3 aromatic rings. The van der Waals surface area contributed by atoms with Gasteiger partial charge in [-0.3, -0.25) is 4.90 Å². The Morgan fingerprint density at radius 2 is 1.84 bits per heavy atom. The van der Waals surface area contributed by atoms with Gasteiger partial charge in [0.2, 0.25) is 0 Å². The first-order valence-corrected chi connectivity index (χ1v) is 10.9. The molecule has 0 saturated carbocycles. The van der Waals surface area contributed by atoms with Crippen molar-refractivity contribution in [2.45, 2.75) is 25.5 Å². The van der Waals surface area contributed by atoms with E-state index in [0.717, 1.165) is 51.2 Å². The zero-order chi connectivity index (χ0) is 21.8. The summed E-state index contributed by atoms with van der Waals surface area (Å²) in [5.74, 6) is 1.51. The Morgan fingerprint density at radius 1 is 1.03 bits per heavy atom. The van der Waals surface area contributed by atoms with Crippen molar-refractivity contribution in [3.05, 3.63) is 87.9 Å². The zero-order valence-electron chi connectivity index (χ0n) is 17.5. The van der Waals surface area contributed by atoms with Crippen LogP contribution in [0, 0.1) is 0 Å². The first-order valence-electron chi connectivity index (χ1n) is 10.1. The molecule has 1 atom stereocenters. The van der Waals surface area contributed by atoms with Crippen molar-refractivity contribution in [2.24, 2.45) is 0 Å². The van der Waals surface area contributed by atoms with Gasteiger partial charge in [-0.15, -0.1) is 0 Å². The zero-order valence-corrected chi connectivity index (χ0v) is 19.1. The van der Waals surface area contributed by atoms with Crippen molar-refractivity contribution < 1.29 is 19.0 Å². The second kappa shape index (κ2) is 9.43. The summed E-state index contributed by atoms with van der Waals surface area (Å²) in [5.41, 5.74) is 3.83. The number of nitrogens with zero attached hydrogens (tertiary/aromatic N) is 1. The maximum atomic E-state index is 13.4. The Hall–Kier alpha value is -2.99. The fourth-order valence-corrected chi connectivity index (χ4v) is 4.43. The quantitative estimate of drug-likeness (QED) is 0.429. The largest absolute Gasteiger partial charge is 0.497 e. The molecule has 1 aliphatic heterocycles. The van der Waals surface area contributed by atoms with Crippen molar-refractivity contribution in [1.82, 2.24) is 0 Å². The Kier molecular flexibility index (Phi) is 6.47. The number of rotatable bonds is 5. The normalized spacial score (nSPS) is 15.2. The fraction of sp³-hybridized carbons (Fsp3) is 0.240. The highest BCUT2D eigenvalue weighted by molar-refractivity contribution is 9.10. The molecule has 1 heterocycles. The van der Waals surface area contributed by atoms with Crippen LogP contribution in [0.15, 0.2) is 71.2 Å². The van der Waals surface area contributed by atoms with Gasteiger partial charge in [0.15, 0.2) is 0 Å². The fourth-order valence-electron chi connectivity index (χ4n) is 3.93. The molecule has 6 heteroatoms. The molecule has 5 nitrogen and oxygen atoms in total. The summed E-state index contributed by atoms with van der Waals surface area (Å²) < 4.78 is 17.4. The summed E-state index contributed by atoms with van der Waals surface area (Å²) in [7, 11) is 3.28. The number of carbonyl (C=O) groups excluding carboxylic acids is 1. The summed E-state index contributed by atoms with van der Waals surface area (Å²) >= 11 is 3.56. The monoisotopic (exact) mass is 481 g/mol. The molecule has 0 N–H and O–H groups in total. The number of aryl methyl sites for hydroxylation is 1. The molecule has 1 aliphatic rings. The average Bonchev–Trinajstić information content (AvgIpc) is 2.82. The van der Waals surface area contributed by atoms with E-state index in [9.17, 15) is 4.79 Å². The number of hydrogen-bond donors (Lipinski definition) is 0. The van der Waals surface area contributed by atoms with E-state index in [0.29, 0.717) is 0 Å². The predicted octanol–water partition coefficient (Wildman–Crippen LogP) is 6.30. The smallest absolute Gasteiger partial charge is 0.415 e. The molecule has 0 spiro atoms. The summed E-state index contributed by atoms with van der Waals surface area (Å²) in [6, 6.07) is 21.3. The molecule has 160 valence electrons. The van der Waals surface area contributed by atoms with Crippen LogP contribution in [0.3, 0.4) is 0 Å². The molecule has 3 aromatic carbocycles. The van der Waals surface area contributed by atoms with Gasteiger partial charge in [-0.25, -0.2) is 4.79 Å². The Labute approximate surface area is 190 Å². The molecule has 0 radical (unpaired) electrons. The van der Waals surface area contributed by atoms with E-state index in [4.69, 9.17) is 14.2 Å². The Bertz CT molecular complexity index is 1070. The van der Waals surface area contributed by atoms with Crippen molar-refractivity contribution in [3.8, 4) is 11.5 Å². The molecular formula is C25H24BrNO4. The summed E-state index contributed by atoms with van der Waals surface area (Å²) in [6.45, 7) is 0.216. The number of anilines is 1. The molecule has 31 heavy (non-hydrogen) atoms. The van der Waals surface area contributed by atoms with Gasteiger partial charge in [-0.2, -0.15) is 0 Å². The van der Waals surface area contributed by atoms with E-state index in [1.807, 2.05) is 66.7 Å². The number of benzene rings is 3. The van der Waals surface area contributed by atoms with Crippen LogP contribution < -0.4 is 14.4 Å². The third-order valence-electron chi connectivity index (χ3n) is 5.49. The lowest BCUT2D eigenvalue weighted by Crippen LogP contribution is -2.38. The molecule has 0 fully saturated rings. The number of ether oxygens (including phenoxy) is 3. The predicted molar refractivity (Wildman–Crippen MR) is 124 cm³/mol. The van der Waals surface area contributed by atoms with Gasteiger partial charge in [0.1, 0.15) is 18.1 Å². The van der Waals surface area contributed by atoms with Crippen molar-refractivity contribution in [1.29, 1.82) is 0 Å². The summed E-state index contributed by atoms with van der Waals surface area (Å²) in [6.07, 6.45) is 1.21. The highest BCUT2D eigenvalue weighted by Crippen LogP contribution is 2.43. The van der Waals surface area contributed by atoms with E-state index < -0.39 is 0 Å². The molecule has 0 aliphatic carbocycles. The topological polar surface area (TPSA) is 48.0 Å². The van der Waals surface area contributed by atoms with Gasteiger partial charge in [0, 0.05) is 0 Å². The van der Waals surface area contributed by atoms with Crippen molar-refractivity contribution in [3.63, 3.8) is 0 Å². The maximum absolute atomic E-state index is 13.4. The average molecular weight is 482 g/mol. The van der Waals surface area contributed by atoms with Crippen molar-refractivity contribution in [2.75, 3.05) is 19.1 Å². The number of amides is 1. The minimum absolute atomic E-state index is 0.161. The summed E-state index contributed by atoms with van der Waals surface area (Å²) in [4.78, 5) is 15.1. The van der Waals surface area contributed by atoms with Crippen LogP contribution in [-0.2, 0) is 17.8 Å². The molecule has 1 unspecified atom stereocenters. The number of carbonyl (C=O) groups is 1. The van der Waals surface area contributed by atoms with Crippen LogP contribution >= 0.6 is 15.9 Å². The molecule has 0 bridgehead atoms. The minimum atomic E-state index is -0.380. The maximum Gasteiger partial charge on any atom is 0.415 e. The molecule has 1 amide bonds. The van der Waals surface area contributed by atoms with Crippen LogP contribution in [0.25, 0.3) is 0 Å². The van der Waals surface area contributed by atoms with Crippen LogP contribution in [0.5, 0.6) is 11.5 Å². The van der Waals surface area contributed by atoms with Crippen LogP contribution in [0.4, 0.5) is 10.5 Å². The number of fused-ring (bicyclic) bond motifs is 1. The lowest BCUT2D eigenvalue weighted by Gasteiger charge is -2.37. The minimum Gasteiger partial charge on any atom is -0.497 e. The second-order valence-electron chi connectivity index (χ2n) is 7.36. The van der Waals surface area contributed by atoms with E-state index in [1.165, 1.54) is 0 Å². The van der Waals surface area contributed by atoms with Crippen LogP contribution in [0.1, 0.15) is 29.2 Å². The van der Waals surface area contributed by atoms with E-state index >= 15 is 0 Å². The van der Waals surface area contributed by atoms with Gasteiger partial charge in [0.05, 0.1) is 30.4 Å². The molecule has 0 aromatic heterocycles. The summed E-state index contributed by atoms with van der Waals surface area (Å²) in [5, 5.41) is 0. The lowest BCUT2D eigenvalue weighted by atomic mass is 9.91. The Balaban J connectivity index is 1.71. The Morgan fingerprint density at radius 3 is 2.58 bits per heavy atom. The van der Waals surface area contributed by atoms with Gasteiger partial charge in [-0.1, -0.05) is 42.5 Å². The van der Waals surface area contributed by atoms with Gasteiger partial charge >= 0.3 is 6.09 Å². The number of methoxy groups -OCH3 is 2. The highest BCUT2D eigenvalue weighted by atomic mass is 79.9. The van der Waals surface area contributed by atoms with Crippen LogP contribution in [-0.4, -0.2) is 20.3 Å². The number of halogens is 1. The highest BCUT2D eigenvalue weighted by Gasteiger charge is 2.34. The van der Waals surface area contributed by atoms with Gasteiger partial charge < -0.3 is 14.2 Å². The van der Waals surface area contributed by atoms with Gasteiger partial charge in [0.25, 0.3) is 0 Å². The standard InChI is InChI=1S/C25H24BrNO4/c1-29-20-10-6-9-18(13-20)22-12-11-19-14-24(30-2)21(26)15-23(19)27(22)25(28)31-16-17-7-4-3-5-8-17/h3-10,13-15,22H,11-12,16H2,1-2H3. The third-order valence-corrected chi connectivity index (χ3v) is 6.11. The van der Waals surface area contributed by atoms with Crippen molar-refractivity contribution >= 4 is 27.7 Å². The van der Waals surface area contributed by atoms with E-state index in [1.54, 1.807) is 19.1 Å². The third kappa shape index (κ3) is 4.54. The number of hydrogen-bond acceptors (Lipinski definition) is 4. The second-order valence-corrected chi connectivity index (χ2v) is 8.21. The first kappa shape index (κ1) is 21.2. The lowest BCUT2D eigenvalue weighted by molar-refractivity contribution is 0.143. The van der Waals surface area contributed by atoms with Gasteiger partial charge in [-0.05, 0) is 69.7 Å².